The molecule has 18 heavy (non-hydrogen) atoms. The van der Waals surface area contributed by atoms with Crippen molar-refractivity contribution in [3.8, 4) is 0 Å². The predicted octanol–water partition coefficient (Wildman–Crippen LogP) is 3.84. The molecule has 3 fully saturated rings. The molecule has 0 amide bonds. The first-order chi connectivity index (χ1) is 8.60. The summed E-state index contributed by atoms with van der Waals surface area (Å²) in [6.45, 7) is 4.46. The van der Waals surface area contributed by atoms with Crippen molar-refractivity contribution < 1.29 is 4.79 Å². The number of Topliss-reactive ketones (excluding diaryl/α,β-unsaturated/α-hetero) is 1. The summed E-state index contributed by atoms with van der Waals surface area (Å²) in [5, 5.41) is 0. The molecule has 0 heterocycles. The summed E-state index contributed by atoms with van der Waals surface area (Å²) in [5.41, 5.74) is -0.0684. The SMILES string of the molecule is CC1(C)C(=O)[C@H]2[C@H]3CC[C@H]3C[C@H]2[C@H]2C=CCC[C@H]21. The van der Waals surface area contributed by atoms with E-state index in [2.05, 4.69) is 26.0 Å². The number of allylic oxidation sites excluding steroid dienone is 2. The number of hydrogen-bond donors (Lipinski definition) is 0. The second kappa shape index (κ2) is 3.49. The van der Waals surface area contributed by atoms with Crippen LogP contribution in [0.5, 0.6) is 0 Å². The molecule has 1 heteroatoms. The van der Waals surface area contributed by atoms with Crippen LogP contribution < -0.4 is 0 Å². The number of hydrogen-bond acceptors (Lipinski definition) is 1. The molecule has 0 bridgehead atoms. The third-order valence-corrected chi connectivity index (χ3v) is 6.80. The molecule has 0 unspecified atom stereocenters. The molecule has 0 aromatic carbocycles. The van der Waals surface area contributed by atoms with Gasteiger partial charge in [-0.05, 0) is 61.7 Å². The van der Waals surface area contributed by atoms with Gasteiger partial charge in [0.25, 0.3) is 0 Å². The van der Waals surface area contributed by atoms with Gasteiger partial charge >= 0.3 is 0 Å². The number of carbonyl (C=O) groups is 1. The third kappa shape index (κ3) is 1.21. The molecule has 4 aliphatic carbocycles. The quantitative estimate of drug-likeness (QED) is 0.592. The Labute approximate surface area is 110 Å². The van der Waals surface area contributed by atoms with Crippen molar-refractivity contribution in [1.29, 1.82) is 0 Å². The van der Waals surface area contributed by atoms with Gasteiger partial charge in [0.2, 0.25) is 0 Å². The molecular weight excluding hydrogens is 220 g/mol. The van der Waals surface area contributed by atoms with Crippen LogP contribution in [0.25, 0.3) is 0 Å². The Morgan fingerprint density at radius 2 is 2.00 bits per heavy atom. The van der Waals surface area contributed by atoms with Gasteiger partial charge in [0.05, 0.1) is 0 Å². The van der Waals surface area contributed by atoms with Gasteiger partial charge in [0.1, 0.15) is 5.78 Å². The molecule has 0 N–H and O–H groups in total. The van der Waals surface area contributed by atoms with E-state index in [0.29, 0.717) is 29.5 Å². The molecule has 6 atom stereocenters. The Balaban J connectivity index is 1.77. The van der Waals surface area contributed by atoms with Crippen LogP contribution in [0.3, 0.4) is 0 Å². The zero-order chi connectivity index (χ0) is 12.5. The zero-order valence-corrected chi connectivity index (χ0v) is 11.6. The van der Waals surface area contributed by atoms with Gasteiger partial charge in [-0.25, -0.2) is 0 Å². The molecule has 3 saturated carbocycles. The van der Waals surface area contributed by atoms with Crippen molar-refractivity contribution in [2.45, 2.75) is 46.0 Å². The molecule has 98 valence electrons. The molecule has 0 aliphatic heterocycles. The highest BCUT2D eigenvalue weighted by molar-refractivity contribution is 5.89. The monoisotopic (exact) mass is 244 g/mol. The molecule has 0 spiro atoms. The van der Waals surface area contributed by atoms with E-state index in [4.69, 9.17) is 0 Å². The van der Waals surface area contributed by atoms with Gasteiger partial charge in [-0.2, -0.15) is 0 Å². The molecule has 4 aliphatic rings. The highest BCUT2D eigenvalue weighted by atomic mass is 16.1. The normalized spacial score (nSPS) is 52.2. The van der Waals surface area contributed by atoms with Gasteiger partial charge < -0.3 is 0 Å². The van der Waals surface area contributed by atoms with Crippen LogP contribution in [-0.4, -0.2) is 5.78 Å². The van der Waals surface area contributed by atoms with Crippen LogP contribution in [0, 0.1) is 40.9 Å². The maximum Gasteiger partial charge on any atom is 0.142 e. The first kappa shape index (κ1) is 11.3. The van der Waals surface area contributed by atoms with Crippen molar-refractivity contribution >= 4 is 5.78 Å². The summed E-state index contributed by atoms with van der Waals surface area (Å²) in [7, 11) is 0. The lowest BCUT2D eigenvalue weighted by atomic mass is 9.52. The van der Waals surface area contributed by atoms with Crippen molar-refractivity contribution in [2.75, 3.05) is 0 Å². The summed E-state index contributed by atoms with van der Waals surface area (Å²) in [5.74, 6) is 4.73. The van der Waals surface area contributed by atoms with E-state index in [9.17, 15) is 4.79 Å². The van der Waals surface area contributed by atoms with Crippen molar-refractivity contribution in [3.63, 3.8) is 0 Å². The molecule has 0 aromatic heterocycles. The summed E-state index contributed by atoms with van der Waals surface area (Å²) in [6.07, 6.45) is 11.3. The Hall–Kier alpha value is -0.590. The molecule has 0 saturated heterocycles. The van der Waals surface area contributed by atoms with Gasteiger partial charge in [-0.3, -0.25) is 4.79 Å². The van der Waals surface area contributed by atoms with Crippen LogP contribution in [0.1, 0.15) is 46.0 Å². The fraction of sp³-hybridized carbons (Fsp3) is 0.824. The molecule has 0 aromatic rings. The number of rotatable bonds is 0. The Kier molecular flexibility index (Phi) is 2.18. The lowest BCUT2D eigenvalue weighted by Gasteiger charge is -2.50. The van der Waals surface area contributed by atoms with E-state index in [-0.39, 0.29) is 5.41 Å². The van der Waals surface area contributed by atoms with Crippen molar-refractivity contribution in [3.05, 3.63) is 12.2 Å². The lowest BCUT2D eigenvalue weighted by Crippen LogP contribution is -2.52. The average molecular weight is 244 g/mol. The highest BCUT2D eigenvalue weighted by Crippen LogP contribution is 2.63. The molecule has 4 rings (SSSR count). The van der Waals surface area contributed by atoms with Crippen LogP contribution in [0.4, 0.5) is 0 Å². The van der Waals surface area contributed by atoms with E-state index >= 15 is 0 Å². The third-order valence-electron chi connectivity index (χ3n) is 6.80. The maximum atomic E-state index is 12.9. The topological polar surface area (TPSA) is 17.1 Å². The second-order valence-corrected chi connectivity index (χ2v) is 7.70. The minimum absolute atomic E-state index is 0.0684. The van der Waals surface area contributed by atoms with Crippen molar-refractivity contribution in [1.82, 2.24) is 0 Å². The van der Waals surface area contributed by atoms with E-state index in [1.807, 2.05) is 0 Å². The first-order valence-electron chi connectivity index (χ1n) is 7.81. The summed E-state index contributed by atoms with van der Waals surface area (Å²) in [6, 6.07) is 0. The minimum Gasteiger partial charge on any atom is -0.299 e. The van der Waals surface area contributed by atoms with Gasteiger partial charge in [-0.1, -0.05) is 26.0 Å². The van der Waals surface area contributed by atoms with Crippen LogP contribution in [0.2, 0.25) is 0 Å². The first-order valence-corrected chi connectivity index (χ1v) is 7.81. The maximum absolute atomic E-state index is 12.9. The van der Waals surface area contributed by atoms with Crippen LogP contribution >= 0.6 is 0 Å². The van der Waals surface area contributed by atoms with Gasteiger partial charge in [0.15, 0.2) is 0 Å². The minimum atomic E-state index is -0.0684. The molecule has 0 radical (unpaired) electrons. The predicted molar refractivity (Wildman–Crippen MR) is 72.0 cm³/mol. The fourth-order valence-corrected chi connectivity index (χ4v) is 5.71. The highest BCUT2D eigenvalue weighted by Gasteiger charge is 2.61. The smallest absolute Gasteiger partial charge is 0.142 e. The molecular formula is C17H24O. The van der Waals surface area contributed by atoms with E-state index in [0.717, 1.165) is 11.8 Å². The number of ketones is 1. The fourth-order valence-electron chi connectivity index (χ4n) is 5.71. The Morgan fingerprint density at radius 3 is 2.72 bits per heavy atom. The summed E-state index contributed by atoms with van der Waals surface area (Å²) in [4.78, 5) is 12.9. The van der Waals surface area contributed by atoms with Gasteiger partial charge in [0, 0.05) is 11.3 Å². The summed E-state index contributed by atoms with van der Waals surface area (Å²) < 4.78 is 0. The van der Waals surface area contributed by atoms with E-state index in [1.165, 1.54) is 32.1 Å². The van der Waals surface area contributed by atoms with E-state index in [1.54, 1.807) is 0 Å². The lowest BCUT2D eigenvalue weighted by molar-refractivity contribution is -0.146. The Bertz CT molecular complexity index is 419. The van der Waals surface area contributed by atoms with Crippen molar-refractivity contribution in [2.24, 2.45) is 40.9 Å². The van der Waals surface area contributed by atoms with Gasteiger partial charge in [-0.15, -0.1) is 0 Å². The van der Waals surface area contributed by atoms with Crippen LogP contribution in [-0.2, 0) is 4.79 Å². The molecule has 1 nitrogen and oxygen atoms in total. The standard InChI is InChI=1S/C17H24O/c1-17(2)14-6-4-3-5-12(14)13-9-10-7-8-11(10)15(13)16(17)18/h3,5,10-15H,4,6-9H2,1-2H3/t10-,11-,12+,13-,14+,15-/m0/s1. The summed E-state index contributed by atoms with van der Waals surface area (Å²) >= 11 is 0. The Morgan fingerprint density at radius 1 is 1.17 bits per heavy atom. The van der Waals surface area contributed by atoms with E-state index < -0.39 is 0 Å². The average Bonchev–Trinajstić information content (AvgIpc) is 2.59. The zero-order valence-electron chi connectivity index (χ0n) is 11.6. The largest absolute Gasteiger partial charge is 0.299 e. The van der Waals surface area contributed by atoms with Crippen LogP contribution in [0.15, 0.2) is 12.2 Å². The number of fused-ring (bicyclic) bond motifs is 5. The number of carbonyl (C=O) groups excluding carboxylic acids is 1. The second-order valence-electron chi connectivity index (χ2n) is 7.70.